The number of nitrogens with one attached hydrogen (secondary N) is 1. The van der Waals surface area contributed by atoms with Crippen LogP contribution in [0.4, 0.5) is 0 Å². The van der Waals surface area contributed by atoms with E-state index < -0.39 is 9.84 Å². The molecular formula is C12H19NO4S2. The van der Waals surface area contributed by atoms with Gasteiger partial charge >= 0.3 is 5.97 Å². The number of esters is 1. The lowest BCUT2D eigenvalue weighted by atomic mass is 10.3. The van der Waals surface area contributed by atoms with Crippen LogP contribution < -0.4 is 5.32 Å². The third-order valence-corrected chi connectivity index (χ3v) is 5.38. The fourth-order valence-corrected chi connectivity index (χ4v) is 3.13. The molecule has 0 fully saturated rings. The van der Waals surface area contributed by atoms with Crippen LogP contribution in [0, 0.1) is 0 Å². The zero-order chi connectivity index (χ0) is 14.3. The maximum Gasteiger partial charge on any atom is 0.310 e. The number of carbonyl (C=O) groups excluding carboxylic acids is 1. The van der Waals surface area contributed by atoms with E-state index in [2.05, 4.69) is 10.1 Å². The van der Waals surface area contributed by atoms with E-state index >= 15 is 0 Å². The minimum atomic E-state index is -2.91. The number of rotatable bonds is 8. The van der Waals surface area contributed by atoms with Crippen LogP contribution in [-0.2, 0) is 32.3 Å². The predicted octanol–water partition coefficient (Wildman–Crippen LogP) is 0.988. The minimum Gasteiger partial charge on any atom is -0.469 e. The number of ether oxygens (including phenoxy) is 1. The first-order valence-electron chi connectivity index (χ1n) is 6.02. The van der Waals surface area contributed by atoms with Gasteiger partial charge in [0.15, 0.2) is 9.84 Å². The Kier molecular flexibility index (Phi) is 6.47. The molecule has 1 rings (SSSR count). The van der Waals surface area contributed by atoms with Crippen LogP contribution in [0.2, 0.25) is 0 Å². The van der Waals surface area contributed by atoms with Crippen LogP contribution in [0.3, 0.4) is 0 Å². The summed E-state index contributed by atoms with van der Waals surface area (Å²) in [4.78, 5) is 13.1. The Morgan fingerprint density at radius 3 is 2.68 bits per heavy atom. The van der Waals surface area contributed by atoms with E-state index in [4.69, 9.17) is 0 Å². The van der Waals surface area contributed by atoms with Crippen molar-refractivity contribution in [1.29, 1.82) is 0 Å². The number of methoxy groups -OCH3 is 1. The van der Waals surface area contributed by atoms with Gasteiger partial charge < -0.3 is 10.1 Å². The monoisotopic (exact) mass is 305 g/mol. The Morgan fingerprint density at radius 2 is 2.05 bits per heavy atom. The molecule has 0 aliphatic rings. The molecule has 1 aromatic heterocycles. The molecule has 1 heterocycles. The first kappa shape index (κ1) is 16.1. The van der Waals surface area contributed by atoms with Crippen LogP contribution in [0.15, 0.2) is 12.1 Å². The van der Waals surface area contributed by atoms with E-state index in [9.17, 15) is 13.2 Å². The molecule has 1 aromatic rings. The van der Waals surface area contributed by atoms with Crippen molar-refractivity contribution >= 4 is 27.1 Å². The van der Waals surface area contributed by atoms with Crippen molar-refractivity contribution < 1.29 is 17.9 Å². The lowest BCUT2D eigenvalue weighted by Gasteiger charge is -2.03. The summed E-state index contributed by atoms with van der Waals surface area (Å²) in [5, 5.41) is 3.09. The van der Waals surface area contributed by atoms with Gasteiger partial charge in [0.05, 0.1) is 19.3 Å². The van der Waals surface area contributed by atoms with Crippen molar-refractivity contribution in [3.8, 4) is 0 Å². The number of hydrogen-bond donors (Lipinski definition) is 1. The summed E-state index contributed by atoms with van der Waals surface area (Å²) in [5.41, 5.74) is 0. The van der Waals surface area contributed by atoms with Gasteiger partial charge in [-0.1, -0.05) is 6.92 Å². The van der Waals surface area contributed by atoms with E-state index in [1.165, 1.54) is 18.4 Å². The van der Waals surface area contributed by atoms with Crippen molar-refractivity contribution in [3.05, 3.63) is 21.9 Å². The van der Waals surface area contributed by atoms with Crippen LogP contribution in [0.1, 0.15) is 16.7 Å². The van der Waals surface area contributed by atoms with Gasteiger partial charge in [0.1, 0.15) is 0 Å². The van der Waals surface area contributed by atoms with Crippen LogP contribution in [-0.4, -0.2) is 39.5 Å². The van der Waals surface area contributed by atoms with Gasteiger partial charge in [-0.15, -0.1) is 11.3 Å². The second-order valence-corrected chi connectivity index (χ2v) is 7.76. The highest BCUT2D eigenvalue weighted by Crippen LogP contribution is 2.17. The zero-order valence-corrected chi connectivity index (χ0v) is 12.8. The standard InChI is InChI=1S/C12H19NO4S2/c1-3-19(15,16)7-6-13-9-11-5-4-10(18-11)8-12(14)17-2/h4-5,13H,3,6-9H2,1-2H3. The molecule has 0 saturated heterocycles. The second-order valence-electron chi connectivity index (χ2n) is 4.03. The Morgan fingerprint density at radius 1 is 1.37 bits per heavy atom. The summed E-state index contributed by atoms with van der Waals surface area (Å²) in [6, 6.07) is 3.83. The summed E-state index contributed by atoms with van der Waals surface area (Å²) in [6.45, 7) is 2.71. The normalized spacial score (nSPS) is 11.5. The average molecular weight is 305 g/mol. The minimum absolute atomic E-state index is 0.157. The molecular weight excluding hydrogens is 286 g/mol. The first-order chi connectivity index (χ1) is 8.96. The highest BCUT2D eigenvalue weighted by atomic mass is 32.2. The Balaban J connectivity index is 2.33. The van der Waals surface area contributed by atoms with Gasteiger partial charge in [0.2, 0.25) is 0 Å². The van der Waals surface area contributed by atoms with E-state index in [1.54, 1.807) is 6.92 Å². The molecule has 19 heavy (non-hydrogen) atoms. The Bertz CT molecular complexity index is 508. The molecule has 0 aliphatic carbocycles. The summed E-state index contributed by atoms with van der Waals surface area (Å²) in [5.74, 6) is 0.0799. The smallest absolute Gasteiger partial charge is 0.310 e. The number of hydrogen-bond acceptors (Lipinski definition) is 6. The van der Waals surface area contributed by atoms with E-state index in [0.717, 1.165) is 9.75 Å². The van der Waals surface area contributed by atoms with E-state index in [0.29, 0.717) is 13.1 Å². The van der Waals surface area contributed by atoms with Crippen molar-refractivity contribution in [3.63, 3.8) is 0 Å². The van der Waals surface area contributed by atoms with E-state index in [-0.39, 0.29) is 23.9 Å². The summed E-state index contributed by atoms with van der Waals surface area (Å²) < 4.78 is 27.2. The number of carbonyl (C=O) groups is 1. The Hall–Kier alpha value is -0.920. The molecule has 0 bridgehead atoms. The fraction of sp³-hybridized carbons (Fsp3) is 0.583. The lowest BCUT2D eigenvalue weighted by molar-refractivity contribution is -0.139. The SMILES string of the molecule is CCS(=O)(=O)CCNCc1ccc(CC(=O)OC)s1. The molecule has 0 saturated carbocycles. The van der Waals surface area contributed by atoms with Crippen molar-refractivity contribution in [2.75, 3.05) is 25.2 Å². The molecule has 0 aliphatic heterocycles. The van der Waals surface area contributed by atoms with Gasteiger partial charge in [0, 0.05) is 28.6 Å². The van der Waals surface area contributed by atoms with Gasteiger partial charge in [-0.2, -0.15) is 0 Å². The first-order valence-corrected chi connectivity index (χ1v) is 8.66. The molecule has 5 nitrogen and oxygen atoms in total. The fourth-order valence-electron chi connectivity index (χ4n) is 1.41. The second kappa shape index (κ2) is 7.62. The highest BCUT2D eigenvalue weighted by molar-refractivity contribution is 7.91. The molecule has 1 N–H and O–H groups in total. The predicted molar refractivity (Wildman–Crippen MR) is 76.1 cm³/mol. The number of sulfone groups is 1. The molecule has 0 unspecified atom stereocenters. The van der Waals surface area contributed by atoms with Gasteiger partial charge in [-0.05, 0) is 12.1 Å². The zero-order valence-electron chi connectivity index (χ0n) is 11.1. The average Bonchev–Trinajstić information content (AvgIpc) is 2.82. The van der Waals surface area contributed by atoms with Crippen LogP contribution in [0.25, 0.3) is 0 Å². The maximum atomic E-state index is 11.3. The molecule has 108 valence electrons. The quantitative estimate of drug-likeness (QED) is 0.573. The molecule has 0 atom stereocenters. The largest absolute Gasteiger partial charge is 0.469 e. The van der Waals surface area contributed by atoms with Gasteiger partial charge in [0.25, 0.3) is 0 Å². The Labute approximate surface area is 117 Å². The third-order valence-electron chi connectivity index (χ3n) is 2.59. The molecule has 0 aromatic carbocycles. The van der Waals surface area contributed by atoms with Gasteiger partial charge in [-0.25, -0.2) is 8.42 Å². The molecule has 7 heteroatoms. The van der Waals surface area contributed by atoms with Gasteiger partial charge in [-0.3, -0.25) is 4.79 Å². The topological polar surface area (TPSA) is 72.5 Å². The van der Waals surface area contributed by atoms with Crippen LogP contribution >= 0.6 is 11.3 Å². The van der Waals surface area contributed by atoms with Crippen LogP contribution in [0.5, 0.6) is 0 Å². The van der Waals surface area contributed by atoms with E-state index in [1.807, 2.05) is 12.1 Å². The van der Waals surface area contributed by atoms with Crippen molar-refractivity contribution in [2.24, 2.45) is 0 Å². The molecule has 0 amide bonds. The third kappa shape index (κ3) is 6.17. The van der Waals surface area contributed by atoms with Crippen molar-refractivity contribution in [1.82, 2.24) is 5.32 Å². The molecule has 0 spiro atoms. The maximum absolute atomic E-state index is 11.3. The summed E-state index contributed by atoms with van der Waals surface area (Å²) in [7, 11) is -1.54. The number of thiophene rings is 1. The molecule has 0 radical (unpaired) electrons. The lowest BCUT2D eigenvalue weighted by Crippen LogP contribution is -2.23. The highest BCUT2D eigenvalue weighted by Gasteiger charge is 2.08. The summed E-state index contributed by atoms with van der Waals surface area (Å²) >= 11 is 1.53. The van der Waals surface area contributed by atoms with Crippen molar-refractivity contribution in [2.45, 2.75) is 19.9 Å². The summed E-state index contributed by atoms with van der Waals surface area (Å²) in [6.07, 6.45) is 0.283.